The van der Waals surface area contributed by atoms with E-state index in [1.54, 1.807) is 12.4 Å². The summed E-state index contributed by atoms with van der Waals surface area (Å²) in [5, 5.41) is 5.42. The first kappa shape index (κ1) is 17.4. The number of piperidine rings is 1. The van der Waals surface area contributed by atoms with Crippen LogP contribution in [0.2, 0.25) is 0 Å². The molecule has 2 aliphatic rings. The zero-order valence-corrected chi connectivity index (χ0v) is 15.8. The number of nitrogens with one attached hydrogen (secondary N) is 1. The number of ether oxygens (including phenoxy) is 1. The maximum Gasteiger partial charge on any atom is 0.264 e. The lowest BCUT2D eigenvalue weighted by molar-refractivity contribution is -0.110. The Labute approximate surface area is 157 Å². The zero-order valence-electron chi connectivity index (χ0n) is 15.0. The minimum absolute atomic E-state index is 0.133. The number of anilines is 1. The first-order chi connectivity index (χ1) is 12.7. The van der Waals surface area contributed by atoms with Crippen molar-refractivity contribution in [3.05, 3.63) is 40.3 Å². The van der Waals surface area contributed by atoms with Crippen LogP contribution in [0.3, 0.4) is 0 Å². The van der Waals surface area contributed by atoms with Gasteiger partial charge in [-0.15, -0.1) is 11.3 Å². The van der Waals surface area contributed by atoms with Gasteiger partial charge in [0.1, 0.15) is 0 Å². The maximum atomic E-state index is 12.7. The van der Waals surface area contributed by atoms with Crippen LogP contribution < -0.4 is 5.32 Å². The predicted molar refractivity (Wildman–Crippen MR) is 102 cm³/mol. The van der Waals surface area contributed by atoms with Crippen LogP contribution in [0.1, 0.15) is 40.9 Å². The van der Waals surface area contributed by atoms with Crippen molar-refractivity contribution in [2.24, 2.45) is 0 Å². The zero-order chi connectivity index (χ0) is 18.0. The molecule has 1 amide bonds. The van der Waals surface area contributed by atoms with Crippen molar-refractivity contribution in [3.8, 4) is 0 Å². The van der Waals surface area contributed by atoms with Gasteiger partial charge in [0.05, 0.1) is 10.5 Å². The van der Waals surface area contributed by atoms with Gasteiger partial charge in [-0.25, -0.2) is 9.97 Å². The number of hydrogen-bond acceptors (Lipinski definition) is 6. The van der Waals surface area contributed by atoms with E-state index in [0.717, 1.165) is 55.8 Å². The molecule has 0 aliphatic carbocycles. The molecule has 138 valence electrons. The van der Waals surface area contributed by atoms with Gasteiger partial charge in [-0.2, -0.15) is 0 Å². The molecule has 2 saturated heterocycles. The largest absolute Gasteiger partial charge is 0.375 e. The van der Waals surface area contributed by atoms with Gasteiger partial charge >= 0.3 is 0 Å². The predicted octanol–water partition coefficient (Wildman–Crippen LogP) is 3.11. The summed E-state index contributed by atoms with van der Waals surface area (Å²) in [4.78, 5) is 24.1. The summed E-state index contributed by atoms with van der Waals surface area (Å²) < 4.78 is 6.20. The molecule has 1 N–H and O–H groups in total. The average molecular weight is 372 g/mol. The molecule has 6 nitrogen and oxygen atoms in total. The van der Waals surface area contributed by atoms with Crippen LogP contribution >= 0.6 is 11.3 Å². The molecule has 4 rings (SSSR count). The van der Waals surface area contributed by atoms with Gasteiger partial charge in [0.15, 0.2) is 0 Å². The van der Waals surface area contributed by atoms with E-state index in [0.29, 0.717) is 12.0 Å². The molecule has 4 heterocycles. The number of carbonyl (C=O) groups is 1. The number of likely N-dealkylation sites (tertiary alicyclic amines) is 1. The smallest absolute Gasteiger partial charge is 0.264 e. The van der Waals surface area contributed by atoms with Crippen molar-refractivity contribution < 1.29 is 9.53 Å². The molecule has 7 heteroatoms. The molecule has 0 radical (unpaired) electrons. The van der Waals surface area contributed by atoms with E-state index in [9.17, 15) is 4.79 Å². The van der Waals surface area contributed by atoms with Gasteiger partial charge in [-0.3, -0.25) is 4.79 Å². The fourth-order valence-electron chi connectivity index (χ4n) is 3.91. The number of rotatable bonds is 3. The highest BCUT2D eigenvalue weighted by Gasteiger charge is 2.41. The Balaban J connectivity index is 1.37. The molecule has 2 aromatic rings. The number of carbonyl (C=O) groups excluding carboxylic acids is 1. The summed E-state index contributed by atoms with van der Waals surface area (Å²) in [6.07, 6.45) is 7.17. The molecule has 2 fully saturated rings. The van der Waals surface area contributed by atoms with Crippen molar-refractivity contribution in [2.75, 3.05) is 25.0 Å². The first-order valence-electron chi connectivity index (χ1n) is 9.16. The molecule has 2 aromatic heterocycles. The standard InChI is InChI=1S/C19H24N4O2S/c1-14-4-12-26-16(14)17(24)23-9-5-19(6-10-23)13-15(3-11-25-19)22-18-20-7-2-8-21-18/h2,4,7-8,12,15H,3,5-6,9-11,13H2,1H3,(H,20,21,22)/t15-/m0/s1. The number of thiophene rings is 1. The second-order valence-corrected chi connectivity index (χ2v) is 8.08. The van der Waals surface area contributed by atoms with E-state index < -0.39 is 0 Å². The number of nitrogens with zero attached hydrogens (tertiary/aromatic N) is 3. The minimum atomic E-state index is -0.133. The molecule has 0 bridgehead atoms. The Morgan fingerprint density at radius 2 is 2.12 bits per heavy atom. The van der Waals surface area contributed by atoms with Crippen molar-refractivity contribution in [1.29, 1.82) is 0 Å². The number of aromatic nitrogens is 2. The molecular weight excluding hydrogens is 348 g/mol. The molecule has 1 spiro atoms. The van der Waals surface area contributed by atoms with Crippen LogP contribution in [0.5, 0.6) is 0 Å². The Hall–Kier alpha value is -1.99. The highest BCUT2D eigenvalue weighted by molar-refractivity contribution is 7.12. The monoisotopic (exact) mass is 372 g/mol. The lowest BCUT2D eigenvalue weighted by atomic mass is 9.82. The number of aryl methyl sites for hydroxylation is 1. The average Bonchev–Trinajstić information content (AvgIpc) is 3.09. The first-order valence-corrected chi connectivity index (χ1v) is 10.0. The number of hydrogen-bond donors (Lipinski definition) is 1. The van der Waals surface area contributed by atoms with Crippen molar-refractivity contribution in [3.63, 3.8) is 0 Å². The van der Waals surface area contributed by atoms with Gasteiger partial charge in [0.25, 0.3) is 5.91 Å². The Morgan fingerprint density at radius 3 is 2.81 bits per heavy atom. The van der Waals surface area contributed by atoms with E-state index >= 15 is 0 Å². The lowest BCUT2D eigenvalue weighted by Gasteiger charge is -2.46. The fourth-order valence-corrected chi connectivity index (χ4v) is 4.80. The van der Waals surface area contributed by atoms with Crippen LogP contribution in [0.15, 0.2) is 29.9 Å². The van der Waals surface area contributed by atoms with Gasteiger partial charge in [0, 0.05) is 38.1 Å². The van der Waals surface area contributed by atoms with E-state index in [1.807, 2.05) is 29.3 Å². The van der Waals surface area contributed by atoms with E-state index in [4.69, 9.17) is 4.74 Å². The minimum Gasteiger partial charge on any atom is -0.375 e. The molecule has 1 atom stereocenters. The maximum absolute atomic E-state index is 12.7. The van der Waals surface area contributed by atoms with Crippen LogP contribution in [-0.4, -0.2) is 52.1 Å². The van der Waals surface area contributed by atoms with Gasteiger partial charge in [-0.1, -0.05) is 0 Å². The molecule has 26 heavy (non-hydrogen) atoms. The molecule has 0 aromatic carbocycles. The fraction of sp³-hybridized carbons (Fsp3) is 0.526. The van der Waals surface area contributed by atoms with Gasteiger partial charge < -0.3 is 15.0 Å². The highest BCUT2D eigenvalue weighted by atomic mass is 32.1. The van der Waals surface area contributed by atoms with E-state index in [2.05, 4.69) is 15.3 Å². The third kappa shape index (κ3) is 3.59. The van der Waals surface area contributed by atoms with Crippen molar-refractivity contribution in [2.45, 2.75) is 44.2 Å². The third-order valence-electron chi connectivity index (χ3n) is 5.41. The topological polar surface area (TPSA) is 67.4 Å². The molecule has 0 saturated carbocycles. The second kappa shape index (κ2) is 7.32. The summed E-state index contributed by atoms with van der Waals surface area (Å²) in [6.45, 7) is 4.25. The quantitative estimate of drug-likeness (QED) is 0.897. The van der Waals surface area contributed by atoms with Crippen molar-refractivity contribution >= 4 is 23.2 Å². The van der Waals surface area contributed by atoms with Gasteiger partial charge in [0.2, 0.25) is 5.95 Å². The Kier molecular flexibility index (Phi) is 4.91. The second-order valence-electron chi connectivity index (χ2n) is 7.16. The molecular formula is C19H24N4O2S. The number of amides is 1. The Morgan fingerprint density at radius 1 is 1.35 bits per heavy atom. The third-order valence-corrected chi connectivity index (χ3v) is 6.41. The van der Waals surface area contributed by atoms with E-state index in [1.165, 1.54) is 11.3 Å². The highest BCUT2D eigenvalue weighted by Crippen LogP contribution is 2.36. The van der Waals surface area contributed by atoms with Crippen molar-refractivity contribution in [1.82, 2.24) is 14.9 Å². The lowest BCUT2D eigenvalue weighted by Crippen LogP contribution is -2.52. The van der Waals surface area contributed by atoms with Crippen LogP contribution in [0, 0.1) is 6.92 Å². The Bertz CT molecular complexity index is 756. The SMILES string of the molecule is Cc1ccsc1C(=O)N1CCC2(CC1)C[C@@H](Nc1ncccn1)CCO2. The summed E-state index contributed by atoms with van der Waals surface area (Å²) in [5.41, 5.74) is 0.938. The summed E-state index contributed by atoms with van der Waals surface area (Å²) in [6, 6.07) is 4.14. The van der Waals surface area contributed by atoms with Crippen LogP contribution in [-0.2, 0) is 4.74 Å². The summed E-state index contributed by atoms with van der Waals surface area (Å²) in [7, 11) is 0. The van der Waals surface area contributed by atoms with Gasteiger partial charge in [-0.05, 0) is 55.7 Å². The summed E-state index contributed by atoms with van der Waals surface area (Å²) in [5.74, 6) is 0.839. The summed E-state index contributed by atoms with van der Waals surface area (Å²) >= 11 is 1.53. The normalized spacial score (nSPS) is 22.3. The van der Waals surface area contributed by atoms with Crippen LogP contribution in [0.4, 0.5) is 5.95 Å². The molecule has 0 unspecified atom stereocenters. The molecule has 2 aliphatic heterocycles. The van der Waals surface area contributed by atoms with Crippen LogP contribution in [0.25, 0.3) is 0 Å². The van der Waals surface area contributed by atoms with E-state index in [-0.39, 0.29) is 11.5 Å².